The Morgan fingerprint density at radius 1 is 1.16 bits per heavy atom. The molecule has 100 valence electrons. The van der Waals surface area contributed by atoms with E-state index in [0.717, 1.165) is 30.8 Å². The lowest BCUT2D eigenvalue weighted by molar-refractivity contribution is 0.414. The molecular formula is C15H19N3O. The van der Waals surface area contributed by atoms with Crippen molar-refractivity contribution in [3.63, 3.8) is 0 Å². The Kier molecular flexibility index (Phi) is 5.19. The molecule has 19 heavy (non-hydrogen) atoms. The van der Waals surface area contributed by atoms with Gasteiger partial charge in [-0.2, -0.15) is 0 Å². The number of nitrogens with zero attached hydrogens (tertiary/aromatic N) is 1. The van der Waals surface area contributed by atoms with Crippen molar-refractivity contribution in [3.8, 4) is 5.75 Å². The highest BCUT2D eigenvalue weighted by molar-refractivity contribution is 5.39. The van der Waals surface area contributed by atoms with Crippen molar-refractivity contribution in [2.24, 2.45) is 0 Å². The summed E-state index contributed by atoms with van der Waals surface area (Å²) in [5, 5.41) is 0. The van der Waals surface area contributed by atoms with Crippen molar-refractivity contribution in [2.45, 2.75) is 12.8 Å². The third-order valence-electron chi connectivity index (χ3n) is 2.81. The molecule has 0 unspecified atom stereocenters. The van der Waals surface area contributed by atoms with Gasteiger partial charge in [0.2, 0.25) is 0 Å². The Morgan fingerprint density at radius 2 is 2.00 bits per heavy atom. The van der Waals surface area contributed by atoms with Crippen LogP contribution in [0.3, 0.4) is 0 Å². The molecule has 4 nitrogen and oxygen atoms in total. The highest BCUT2D eigenvalue weighted by Crippen LogP contribution is 2.13. The van der Waals surface area contributed by atoms with Gasteiger partial charge in [0, 0.05) is 18.9 Å². The molecule has 1 heterocycles. The van der Waals surface area contributed by atoms with Crippen LogP contribution in [0.15, 0.2) is 48.8 Å². The highest BCUT2D eigenvalue weighted by atomic mass is 16.5. The molecule has 0 saturated heterocycles. The maximum absolute atomic E-state index is 5.21. The van der Waals surface area contributed by atoms with Gasteiger partial charge in [0.15, 0.2) is 0 Å². The summed E-state index contributed by atoms with van der Waals surface area (Å²) in [5.74, 6) is 0.917. The van der Waals surface area contributed by atoms with Gasteiger partial charge in [-0.15, -0.1) is 0 Å². The number of pyridine rings is 1. The fraction of sp³-hybridized carbons (Fsp3) is 0.267. The highest BCUT2D eigenvalue weighted by Gasteiger charge is 1.96. The Labute approximate surface area is 113 Å². The molecule has 0 aliphatic carbocycles. The fourth-order valence-electron chi connectivity index (χ4n) is 1.81. The number of aromatic nitrogens is 1. The van der Waals surface area contributed by atoms with E-state index in [1.807, 2.05) is 24.3 Å². The second-order valence-corrected chi connectivity index (χ2v) is 4.24. The summed E-state index contributed by atoms with van der Waals surface area (Å²) in [4.78, 5) is 3.97. The van der Waals surface area contributed by atoms with Crippen molar-refractivity contribution >= 4 is 5.69 Å². The Morgan fingerprint density at radius 3 is 2.79 bits per heavy atom. The monoisotopic (exact) mass is 257 g/mol. The molecule has 2 N–H and O–H groups in total. The topological polar surface area (TPSA) is 46.2 Å². The third-order valence-corrected chi connectivity index (χ3v) is 2.81. The molecule has 2 aromatic rings. The molecule has 0 aliphatic heterocycles. The molecule has 0 spiro atoms. The van der Waals surface area contributed by atoms with Gasteiger partial charge in [-0.1, -0.05) is 12.1 Å². The minimum absolute atomic E-state index is 0.902. The average Bonchev–Trinajstić information content (AvgIpc) is 2.48. The number of methoxy groups -OCH3 is 1. The molecule has 0 radical (unpaired) electrons. The van der Waals surface area contributed by atoms with Crippen LogP contribution < -0.4 is 15.6 Å². The lowest BCUT2D eigenvalue weighted by atomic mass is 10.1. The van der Waals surface area contributed by atoms with E-state index in [-0.39, 0.29) is 0 Å². The van der Waals surface area contributed by atoms with E-state index in [1.165, 1.54) is 5.56 Å². The zero-order valence-corrected chi connectivity index (χ0v) is 11.1. The van der Waals surface area contributed by atoms with Crippen LogP contribution in [0.1, 0.15) is 12.0 Å². The molecule has 0 atom stereocenters. The van der Waals surface area contributed by atoms with Crippen LogP contribution in [0.4, 0.5) is 5.69 Å². The van der Waals surface area contributed by atoms with Crippen LogP contribution in [0, 0.1) is 0 Å². The lowest BCUT2D eigenvalue weighted by Crippen LogP contribution is -2.23. The van der Waals surface area contributed by atoms with E-state index < -0.39 is 0 Å². The number of hydrogen-bond donors (Lipinski definition) is 2. The van der Waals surface area contributed by atoms with Crippen LogP contribution in [-0.2, 0) is 6.42 Å². The normalized spacial score (nSPS) is 10.2. The first kappa shape index (κ1) is 13.4. The van der Waals surface area contributed by atoms with Gasteiger partial charge in [-0.05, 0) is 42.7 Å². The first-order chi connectivity index (χ1) is 9.38. The van der Waals surface area contributed by atoms with Crippen molar-refractivity contribution in [1.29, 1.82) is 0 Å². The second-order valence-electron chi connectivity index (χ2n) is 4.24. The maximum atomic E-state index is 5.21. The van der Waals surface area contributed by atoms with Gasteiger partial charge in [-0.3, -0.25) is 4.98 Å². The predicted molar refractivity (Wildman–Crippen MR) is 77.2 cm³/mol. The van der Waals surface area contributed by atoms with E-state index in [2.05, 4.69) is 28.0 Å². The maximum Gasteiger partial charge on any atom is 0.119 e. The predicted octanol–water partition coefficient (Wildman–Crippen LogP) is 2.64. The van der Waals surface area contributed by atoms with Gasteiger partial charge in [-0.25, -0.2) is 5.43 Å². The average molecular weight is 257 g/mol. The van der Waals surface area contributed by atoms with Crippen LogP contribution in [0.25, 0.3) is 0 Å². The molecule has 0 bridgehead atoms. The van der Waals surface area contributed by atoms with Crippen LogP contribution in [-0.4, -0.2) is 18.6 Å². The van der Waals surface area contributed by atoms with Gasteiger partial charge in [0.25, 0.3) is 0 Å². The summed E-state index contributed by atoms with van der Waals surface area (Å²) < 4.78 is 5.21. The van der Waals surface area contributed by atoms with Crippen LogP contribution in [0.5, 0.6) is 5.75 Å². The van der Waals surface area contributed by atoms with E-state index >= 15 is 0 Å². The fourth-order valence-corrected chi connectivity index (χ4v) is 1.81. The number of nitrogens with one attached hydrogen (secondary N) is 2. The SMILES string of the molecule is COc1cccc(CCCNNc2ccncc2)c1. The Hall–Kier alpha value is -2.07. The second kappa shape index (κ2) is 7.38. The van der Waals surface area contributed by atoms with Crippen LogP contribution >= 0.6 is 0 Å². The smallest absolute Gasteiger partial charge is 0.119 e. The summed E-state index contributed by atoms with van der Waals surface area (Å²) in [5.41, 5.74) is 8.65. The summed E-state index contributed by atoms with van der Waals surface area (Å²) in [7, 11) is 1.69. The van der Waals surface area contributed by atoms with Gasteiger partial charge in [0.05, 0.1) is 12.8 Å². The molecule has 0 amide bonds. The molecule has 0 saturated carbocycles. The van der Waals surface area contributed by atoms with E-state index in [1.54, 1.807) is 19.5 Å². The van der Waals surface area contributed by atoms with E-state index in [4.69, 9.17) is 4.74 Å². The number of hydrogen-bond acceptors (Lipinski definition) is 4. The van der Waals surface area contributed by atoms with E-state index in [0.29, 0.717) is 0 Å². The van der Waals surface area contributed by atoms with Gasteiger partial charge < -0.3 is 10.2 Å². The number of rotatable bonds is 7. The summed E-state index contributed by atoms with van der Waals surface area (Å²) in [6.07, 6.45) is 5.62. The van der Waals surface area contributed by atoms with Crippen LogP contribution in [0.2, 0.25) is 0 Å². The zero-order valence-electron chi connectivity index (χ0n) is 11.1. The molecule has 0 fully saturated rings. The van der Waals surface area contributed by atoms with Crippen molar-refractivity contribution in [1.82, 2.24) is 10.4 Å². The van der Waals surface area contributed by atoms with Crippen molar-refractivity contribution in [2.75, 3.05) is 19.1 Å². The molecular weight excluding hydrogens is 238 g/mol. The zero-order chi connectivity index (χ0) is 13.3. The quantitative estimate of drug-likeness (QED) is 0.591. The van der Waals surface area contributed by atoms with E-state index in [9.17, 15) is 0 Å². The number of ether oxygens (including phenoxy) is 1. The minimum atomic E-state index is 0.902. The molecule has 2 rings (SSSR count). The number of hydrazine groups is 1. The third kappa shape index (κ3) is 4.60. The summed E-state index contributed by atoms with van der Waals surface area (Å²) in [6.45, 7) is 0.902. The minimum Gasteiger partial charge on any atom is -0.497 e. The number of aryl methyl sites for hydroxylation is 1. The van der Waals surface area contributed by atoms with Crippen molar-refractivity contribution in [3.05, 3.63) is 54.4 Å². The Bertz CT molecular complexity index is 488. The number of benzene rings is 1. The van der Waals surface area contributed by atoms with Gasteiger partial charge in [0.1, 0.15) is 5.75 Å². The standard InChI is InChI=1S/C15H19N3O/c1-19-15-6-2-4-13(12-15)5-3-9-17-18-14-7-10-16-11-8-14/h2,4,6-8,10-12,17H,3,5,9H2,1H3,(H,16,18). The van der Waals surface area contributed by atoms with Crippen molar-refractivity contribution < 1.29 is 4.74 Å². The summed E-state index contributed by atoms with van der Waals surface area (Å²) in [6, 6.07) is 12.0. The molecule has 0 aliphatic rings. The Balaban J connectivity index is 1.66. The first-order valence-electron chi connectivity index (χ1n) is 6.40. The molecule has 4 heteroatoms. The number of anilines is 1. The largest absolute Gasteiger partial charge is 0.497 e. The first-order valence-corrected chi connectivity index (χ1v) is 6.40. The lowest BCUT2D eigenvalue weighted by Gasteiger charge is -2.08. The van der Waals surface area contributed by atoms with Gasteiger partial charge >= 0.3 is 0 Å². The molecule has 1 aromatic carbocycles. The molecule has 1 aromatic heterocycles. The summed E-state index contributed by atoms with van der Waals surface area (Å²) >= 11 is 0.